The first-order valence-corrected chi connectivity index (χ1v) is 8.48. The summed E-state index contributed by atoms with van der Waals surface area (Å²) in [6, 6.07) is 12.2. The number of ether oxygens (including phenoxy) is 1. The molecule has 0 unspecified atom stereocenters. The van der Waals surface area contributed by atoms with E-state index in [-0.39, 0.29) is 11.9 Å². The van der Waals surface area contributed by atoms with Crippen LogP contribution in [-0.2, 0) is 4.74 Å². The van der Waals surface area contributed by atoms with Gasteiger partial charge < -0.3 is 10.1 Å². The van der Waals surface area contributed by atoms with Gasteiger partial charge in [0.25, 0.3) is 5.91 Å². The molecule has 0 bridgehead atoms. The van der Waals surface area contributed by atoms with E-state index in [1.165, 1.54) is 0 Å². The second kappa shape index (κ2) is 6.80. The van der Waals surface area contributed by atoms with Crippen molar-refractivity contribution in [3.05, 3.63) is 46.4 Å². The molecule has 0 aromatic heterocycles. The molecule has 1 saturated carbocycles. The predicted molar refractivity (Wildman–Crippen MR) is 92.2 cm³/mol. The Morgan fingerprint density at radius 3 is 2.64 bits per heavy atom. The Morgan fingerprint density at radius 2 is 1.91 bits per heavy atom. The van der Waals surface area contributed by atoms with Gasteiger partial charge in [0.05, 0.1) is 6.10 Å². The summed E-state index contributed by atoms with van der Waals surface area (Å²) in [5.74, 6) is 0.0124. The van der Waals surface area contributed by atoms with Crippen LogP contribution in [0.2, 0.25) is 0 Å². The van der Waals surface area contributed by atoms with Gasteiger partial charge in [-0.2, -0.15) is 0 Å². The fourth-order valence-corrected chi connectivity index (χ4v) is 3.64. The molecule has 3 nitrogen and oxygen atoms in total. The van der Waals surface area contributed by atoms with Crippen LogP contribution in [0, 0.1) is 0 Å². The molecule has 0 saturated heterocycles. The summed E-state index contributed by atoms with van der Waals surface area (Å²) in [5.41, 5.74) is 0.735. The van der Waals surface area contributed by atoms with E-state index >= 15 is 0 Å². The smallest absolute Gasteiger partial charge is 0.252 e. The Morgan fingerprint density at radius 1 is 1.18 bits per heavy atom. The second-order valence-electron chi connectivity index (χ2n) is 5.86. The maximum atomic E-state index is 12.7. The zero-order valence-corrected chi connectivity index (χ0v) is 14.2. The molecule has 1 aliphatic rings. The quantitative estimate of drug-likeness (QED) is 0.885. The molecule has 0 radical (unpaired) electrons. The third kappa shape index (κ3) is 3.33. The highest BCUT2D eigenvalue weighted by Crippen LogP contribution is 2.25. The van der Waals surface area contributed by atoms with Crippen LogP contribution < -0.4 is 5.32 Å². The summed E-state index contributed by atoms with van der Waals surface area (Å²) in [6.45, 7) is 0. The molecule has 1 fully saturated rings. The number of fused-ring (bicyclic) bond motifs is 1. The minimum Gasteiger partial charge on any atom is -0.381 e. The maximum Gasteiger partial charge on any atom is 0.252 e. The van der Waals surface area contributed by atoms with E-state index in [9.17, 15) is 4.79 Å². The average molecular weight is 362 g/mol. The third-order valence-corrected chi connectivity index (χ3v) is 4.87. The van der Waals surface area contributed by atoms with E-state index in [0.717, 1.165) is 46.5 Å². The van der Waals surface area contributed by atoms with Crippen molar-refractivity contribution < 1.29 is 9.53 Å². The van der Waals surface area contributed by atoms with Crippen LogP contribution in [0.15, 0.2) is 40.9 Å². The van der Waals surface area contributed by atoms with Gasteiger partial charge in [0.1, 0.15) is 0 Å². The summed E-state index contributed by atoms with van der Waals surface area (Å²) in [4.78, 5) is 12.7. The Labute approximate surface area is 139 Å². The third-order valence-electron chi connectivity index (χ3n) is 4.41. The minimum absolute atomic E-state index is 0.0124. The van der Waals surface area contributed by atoms with Crippen molar-refractivity contribution >= 4 is 32.6 Å². The number of methoxy groups -OCH3 is 1. The summed E-state index contributed by atoms with van der Waals surface area (Å²) in [6.07, 6.45) is 4.34. The predicted octanol–water partition coefficient (Wildman–Crippen LogP) is 4.29. The highest BCUT2D eigenvalue weighted by Gasteiger charge is 2.23. The molecule has 0 heterocycles. The number of rotatable bonds is 3. The summed E-state index contributed by atoms with van der Waals surface area (Å²) < 4.78 is 6.31. The number of amides is 1. The summed E-state index contributed by atoms with van der Waals surface area (Å²) >= 11 is 3.50. The maximum absolute atomic E-state index is 12.7. The zero-order chi connectivity index (χ0) is 15.5. The van der Waals surface area contributed by atoms with Gasteiger partial charge in [-0.15, -0.1) is 0 Å². The lowest BCUT2D eigenvalue weighted by molar-refractivity contribution is 0.0599. The molecular weight excluding hydrogens is 342 g/mol. The fourth-order valence-electron chi connectivity index (χ4n) is 3.17. The first kappa shape index (κ1) is 15.5. The monoisotopic (exact) mass is 361 g/mol. The molecule has 3 rings (SSSR count). The number of carbonyl (C=O) groups is 1. The van der Waals surface area contributed by atoms with Crippen LogP contribution >= 0.6 is 15.9 Å². The highest BCUT2D eigenvalue weighted by molar-refractivity contribution is 9.10. The van der Waals surface area contributed by atoms with Crippen molar-refractivity contribution in [1.29, 1.82) is 0 Å². The molecule has 1 aliphatic carbocycles. The molecule has 2 aromatic carbocycles. The molecule has 0 atom stereocenters. The van der Waals surface area contributed by atoms with Gasteiger partial charge in [-0.05, 0) is 48.6 Å². The molecule has 1 N–H and O–H groups in total. The van der Waals surface area contributed by atoms with E-state index in [4.69, 9.17) is 4.74 Å². The van der Waals surface area contributed by atoms with E-state index in [2.05, 4.69) is 21.2 Å². The van der Waals surface area contributed by atoms with Gasteiger partial charge in [0.2, 0.25) is 0 Å². The van der Waals surface area contributed by atoms with Crippen LogP contribution in [0.25, 0.3) is 10.8 Å². The van der Waals surface area contributed by atoms with E-state index < -0.39 is 0 Å². The number of nitrogens with one attached hydrogen (secondary N) is 1. The van der Waals surface area contributed by atoms with Gasteiger partial charge >= 0.3 is 0 Å². The van der Waals surface area contributed by atoms with Crippen LogP contribution in [0.4, 0.5) is 0 Å². The van der Waals surface area contributed by atoms with Crippen molar-refractivity contribution in [3.63, 3.8) is 0 Å². The van der Waals surface area contributed by atoms with Crippen LogP contribution in [0.1, 0.15) is 36.0 Å². The van der Waals surface area contributed by atoms with Gasteiger partial charge in [0.15, 0.2) is 0 Å². The number of benzene rings is 2. The standard InChI is InChI=1S/C18H20BrNO2/c1-22-15-8-6-14(7-9-15)20-18(21)17-11-13(19)10-12-4-2-3-5-16(12)17/h2-5,10-11,14-15H,6-9H2,1H3,(H,20,21). The number of carbonyl (C=O) groups excluding carboxylic acids is 1. The zero-order valence-electron chi connectivity index (χ0n) is 12.6. The Hall–Kier alpha value is -1.39. The van der Waals surface area contributed by atoms with Crippen molar-refractivity contribution in [3.8, 4) is 0 Å². The van der Waals surface area contributed by atoms with Crippen LogP contribution in [-0.4, -0.2) is 25.2 Å². The van der Waals surface area contributed by atoms with Crippen LogP contribution in [0.5, 0.6) is 0 Å². The molecule has 2 aromatic rings. The molecule has 4 heteroatoms. The first-order valence-electron chi connectivity index (χ1n) is 7.69. The van der Waals surface area contributed by atoms with Gasteiger partial charge in [-0.25, -0.2) is 0 Å². The summed E-state index contributed by atoms with van der Waals surface area (Å²) in [5, 5.41) is 5.25. The Kier molecular flexibility index (Phi) is 4.79. The van der Waals surface area contributed by atoms with E-state index in [1.807, 2.05) is 36.4 Å². The SMILES string of the molecule is COC1CCC(NC(=O)c2cc(Br)cc3ccccc23)CC1. The van der Waals surface area contributed by atoms with Crippen molar-refractivity contribution in [1.82, 2.24) is 5.32 Å². The van der Waals surface area contributed by atoms with Crippen LogP contribution in [0.3, 0.4) is 0 Å². The molecule has 0 aliphatic heterocycles. The molecule has 116 valence electrons. The number of hydrogen-bond donors (Lipinski definition) is 1. The molecular formula is C18H20BrNO2. The second-order valence-corrected chi connectivity index (χ2v) is 6.77. The normalized spacial score (nSPS) is 21.7. The minimum atomic E-state index is 0.0124. The number of hydrogen-bond acceptors (Lipinski definition) is 2. The topological polar surface area (TPSA) is 38.3 Å². The van der Waals surface area contributed by atoms with Gasteiger partial charge in [-0.3, -0.25) is 4.79 Å². The Balaban J connectivity index is 1.78. The average Bonchev–Trinajstić information content (AvgIpc) is 2.54. The largest absolute Gasteiger partial charge is 0.381 e. The molecule has 1 amide bonds. The summed E-state index contributed by atoms with van der Waals surface area (Å²) in [7, 11) is 1.76. The van der Waals surface area contributed by atoms with Crippen molar-refractivity contribution in [2.24, 2.45) is 0 Å². The molecule has 0 spiro atoms. The fraction of sp³-hybridized carbons (Fsp3) is 0.389. The van der Waals surface area contributed by atoms with Crippen molar-refractivity contribution in [2.75, 3.05) is 7.11 Å². The Bertz CT molecular complexity index is 678. The van der Waals surface area contributed by atoms with E-state index in [1.54, 1.807) is 7.11 Å². The lowest BCUT2D eigenvalue weighted by Gasteiger charge is -2.28. The number of halogens is 1. The first-order chi connectivity index (χ1) is 10.7. The van der Waals surface area contributed by atoms with Crippen molar-refractivity contribution in [2.45, 2.75) is 37.8 Å². The molecule has 22 heavy (non-hydrogen) atoms. The van der Waals surface area contributed by atoms with E-state index in [0.29, 0.717) is 6.10 Å². The van der Waals surface area contributed by atoms with Gasteiger partial charge in [0, 0.05) is 23.2 Å². The highest BCUT2D eigenvalue weighted by atomic mass is 79.9. The lowest BCUT2D eigenvalue weighted by Crippen LogP contribution is -2.39. The lowest BCUT2D eigenvalue weighted by atomic mass is 9.92. The van der Waals surface area contributed by atoms with Gasteiger partial charge in [-0.1, -0.05) is 40.2 Å².